The molecule has 0 fully saturated rings. The molecule has 0 aliphatic rings. The number of carbonyl (C=O) groups is 2. The first-order valence-electron chi connectivity index (χ1n) is 8.37. The Morgan fingerprint density at radius 2 is 1.71 bits per heavy atom. The molecule has 0 radical (unpaired) electrons. The van der Waals surface area contributed by atoms with Crippen molar-refractivity contribution in [3.8, 4) is 0 Å². The average Bonchev–Trinajstić information content (AvgIpc) is 2.51. The van der Waals surface area contributed by atoms with E-state index in [0.29, 0.717) is 10.6 Å². The van der Waals surface area contributed by atoms with Crippen LogP contribution in [0.4, 0.5) is 4.79 Å². The van der Waals surface area contributed by atoms with E-state index in [4.69, 9.17) is 15.3 Å². The van der Waals surface area contributed by atoms with Gasteiger partial charge >= 0.3 is 16.5 Å². The molecule has 0 aliphatic carbocycles. The third-order valence-corrected chi connectivity index (χ3v) is 3.90. The number of carbonyl (C=O) groups excluding carboxylic acids is 2. The summed E-state index contributed by atoms with van der Waals surface area (Å²) in [5.41, 5.74) is 2.28. The maximum atomic E-state index is 12.7. The molecular formula is C17H26N2O8S. The van der Waals surface area contributed by atoms with Crippen LogP contribution in [0.1, 0.15) is 40.2 Å². The van der Waals surface area contributed by atoms with Crippen LogP contribution in [0.2, 0.25) is 0 Å². The fraction of sp³-hybridized carbons (Fsp3) is 0.529. The van der Waals surface area contributed by atoms with Crippen LogP contribution in [0.15, 0.2) is 30.3 Å². The molecule has 0 saturated carbocycles. The van der Waals surface area contributed by atoms with E-state index in [1.807, 2.05) is 0 Å². The molecule has 1 rings (SSSR count). The maximum absolute atomic E-state index is 12.7. The van der Waals surface area contributed by atoms with Gasteiger partial charge in [-0.1, -0.05) is 44.2 Å². The Kier molecular flexibility index (Phi) is 7.54. The van der Waals surface area contributed by atoms with Gasteiger partial charge in [0.25, 0.3) is 11.6 Å². The van der Waals surface area contributed by atoms with Gasteiger partial charge in [0.05, 0.1) is 0 Å². The van der Waals surface area contributed by atoms with Crippen molar-refractivity contribution in [2.75, 3.05) is 0 Å². The van der Waals surface area contributed by atoms with Crippen molar-refractivity contribution < 1.29 is 36.3 Å². The Hall–Kier alpha value is -2.21. The van der Waals surface area contributed by atoms with E-state index in [-0.39, 0.29) is 6.61 Å². The number of benzene rings is 1. The summed E-state index contributed by atoms with van der Waals surface area (Å²) in [6.45, 7) is 7.16. The van der Waals surface area contributed by atoms with Gasteiger partial charge in [0.2, 0.25) is 0 Å². The summed E-state index contributed by atoms with van der Waals surface area (Å²) in [6.07, 6.45) is -1.22. The number of hydrogen-bond acceptors (Lipinski definition) is 7. The first-order valence-corrected chi connectivity index (χ1v) is 9.73. The van der Waals surface area contributed by atoms with Gasteiger partial charge in [0.1, 0.15) is 12.2 Å². The molecule has 28 heavy (non-hydrogen) atoms. The van der Waals surface area contributed by atoms with Crippen molar-refractivity contribution >= 4 is 22.4 Å². The highest BCUT2D eigenvalue weighted by atomic mass is 32.3. The maximum Gasteiger partial charge on any atom is 0.437 e. The Morgan fingerprint density at radius 1 is 1.18 bits per heavy atom. The summed E-state index contributed by atoms with van der Waals surface area (Å²) in [4.78, 5) is 30.4. The van der Waals surface area contributed by atoms with Crippen LogP contribution in [-0.4, -0.2) is 41.4 Å². The molecule has 0 saturated heterocycles. The van der Waals surface area contributed by atoms with Crippen LogP contribution in [0.3, 0.4) is 0 Å². The highest BCUT2D eigenvalue weighted by Crippen LogP contribution is 2.31. The predicted molar refractivity (Wildman–Crippen MR) is 98.7 cm³/mol. The lowest BCUT2D eigenvalue weighted by molar-refractivity contribution is -0.270. The summed E-state index contributed by atoms with van der Waals surface area (Å²) in [5.74, 6) is -2.42. The topological polar surface area (TPSA) is 145 Å². The van der Waals surface area contributed by atoms with E-state index in [9.17, 15) is 22.6 Å². The van der Waals surface area contributed by atoms with Crippen molar-refractivity contribution in [1.29, 1.82) is 0 Å². The van der Waals surface area contributed by atoms with Crippen LogP contribution in [0, 0.1) is 5.92 Å². The summed E-state index contributed by atoms with van der Waals surface area (Å²) < 4.78 is 41.9. The zero-order valence-electron chi connectivity index (χ0n) is 16.4. The van der Waals surface area contributed by atoms with Crippen LogP contribution in [-0.2, 0) is 35.6 Å². The highest BCUT2D eigenvalue weighted by molar-refractivity contribution is 7.81. The minimum absolute atomic E-state index is 0.239. The second kappa shape index (κ2) is 8.86. The van der Waals surface area contributed by atoms with Crippen LogP contribution < -0.4 is 5.73 Å². The smallest absolute Gasteiger partial charge is 0.437 e. The molecule has 1 atom stereocenters. The van der Waals surface area contributed by atoms with E-state index in [0.717, 1.165) is 0 Å². The van der Waals surface area contributed by atoms with Crippen molar-refractivity contribution in [2.45, 2.75) is 52.6 Å². The number of ether oxygens (including phenoxy) is 1. The minimum Gasteiger partial charge on any atom is -0.442 e. The normalized spacial score (nSPS) is 14.4. The summed E-state index contributed by atoms with van der Waals surface area (Å²) in [5, 5.41) is 0.312. The molecule has 0 aliphatic heterocycles. The summed E-state index contributed by atoms with van der Waals surface area (Å²) in [7, 11) is -5.21. The number of hydroxylamine groups is 2. The van der Waals surface area contributed by atoms with Gasteiger partial charge in [-0.15, -0.1) is 5.06 Å². The lowest BCUT2D eigenvalue weighted by Gasteiger charge is -2.40. The van der Waals surface area contributed by atoms with Crippen LogP contribution >= 0.6 is 0 Å². The predicted octanol–water partition coefficient (Wildman–Crippen LogP) is 2.01. The molecule has 1 aromatic carbocycles. The molecule has 10 nitrogen and oxygen atoms in total. The van der Waals surface area contributed by atoms with Gasteiger partial charge in [0.15, 0.2) is 0 Å². The number of rotatable bonds is 8. The van der Waals surface area contributed by atoms with E-state index < -0.39 is 39.6 Å². The molecule has 2 amide bonds. The number of hydrogen-bond donors (Lipinski definition) is 2. The van der Waals surface area contributed by atoms with Crippen LogP contribution in [0.5, 0.6) is 0 Å². The Balaban J connectivity index is 3.44. The Labute approximate surface area is 164 Å². The molecule has 3 N–H and O–H groups in total. The van der Waals surface area contributed by atoms with E-state index in [1.165, 1.54) is 13.8 Å². The monoisotopic (exact) mass is 418 g/mol. The van der Waals surface area contributed by atoms with Gasteiger partial charge in [-0.3, -0.25) is 14.2 Å². The van der Waals surface area contributed by atoms with E-state index in [2.05, 4.69) is 4.18 Å². The van der Waals surface area contributed by atoms with Gasteiger partial charge in [-0.05, 0) is 26.3 Å². The lowest BCUT2D eigenvalue weighted by Crippen LogP contribution is -2.65. The molecule has 0 spiro atoms. The third-order valence-electron chi connectivity index (χ3n) is 3.43. The summed E-state index contributed by atoms with van der Waals surface area (Å²) in [6, 6.07) is 8.55. The first kappa shape index (κ1) is 23.8. The van der Waals surface area contributed by atoms with Crippen molar-refractivity contribution in [3.63, 3.8) is 0 Å². The summed E-state index contributed by atoms with van der Waals surface area (Å²) >= 11 is 0. The molecular weight excluding hydrogens is 392 g/mol. The number of nitrogens with zero attached hydrogens (tertiary/aromatic N) is 1. The standard InChI is InChI=1S/C17H26N2O8S/c1-12(2)17(14(18)20,27-28(22,23)24)19(15(21)26-16(3,4)5)25-11-13-9-7-6-8-10-13/h6-10,12H,11H2,1-5H3,(H2,18,20)(H,22,23,24)/t17-/m1/s1. The fourth-order valence-corrected chi connectivity index (χ4v) is 2.92. The number of amides is 2. The highest BCUT2D eigenvalue weighted by Gasteiger charge is 2.55. The molecule has 0 heterocycles. The van der Waals surface area contributed by atoms with Crippen LogP contribution in [0.25, 0.3) is 0 Å². The van der Waals surface area contributed by atoms with E-state index >= 15 is 0 Å². The quantitative estimate of drug-likeness (QED) is 0.370. The fourth-order valence-electron chi connectivity index (χ4n) is 2.25. The van der Waals surface area contributed by atoms with Gasteiger partial charge in [0, 0.05) is 5.92 Å². The first-order chi connectivity index (χ1) is 12.7. The molecule has 1 aromatic rings. The second-order valence-electron chi connectivity index (χ2n) is 7.26. The second-order valence-corrected chi connectivity index (χ2v) is 8.28. The zero-order valence-corrected chi connectivity index (χ0v) is 17.2. The molecule has 0 bridgehead atoms. The van der Waals surface area contributed by atoms with Crippen molar-refractivity contribution in [3.05, 3.63) is 35.9 Å². The lowest BCUT2D eigenvalue weighted by atomic mass is 9.99. The van der Waals surface area contributed by atoms with Gasteiger partial charge in [-0.25, -0.2) is 8.98 Å². The van der Waals surface area contributed by atoms with E-state index in [1.54, 1.807) is 51.1 Å². The Morgan fingerprint density at radius 3 is 2.11 bits per heavy atom. The zero-order chi connectivity index (χ0) is 21.8. The van der Waals surface area contributed by atoms with Gasteiger partial charge in [-0.2, -0.15) is 8.42 Å². The number of primary amides is 1. The minimum atomic E-state index is -5.21. The molecule has 0 unspecified atom stereocenters. The Bertz CT molecular complexity index is 789. The third kappa shape index (κ3) is 6.44. The molecule has 0 aromatic heterocycles. The van der Waals surface area contributed by atoms with Crippen molar-refractivity contribution in [1.82, 2.24) is 5.06 Å². The molecule has 11 heteroatoms. The average molecular weight is 418 g/mol. The largest absolute Gasteiger partial charge is 0.442 e. The molecule has 158 valence electrons. The SMILES string of the molecule is CC(C)[C@@](OS(=O)(=O)O)(C(N)=O)N(OCc1ccccc1)C(=O)OC(C)(C)C. The van der Waals surface area contributed by atoms with Gasteiger partial charge < -0.3 is 10.5 Å². The number of nitrogens with two attached hydrogens (primary N) is 1. The van der Waals surface area contributed by atoms with Crippen molar-refractivity contribution in [2.24, 2.45) is 11.7 Å².